The molecule has 2 aromatic carbocycles. The summed E-state index contributed by atoms with van der Waals surface area (Å²) in [5, 5.41) is 14.0. The summed E-state index contributed by atoms with van der Waals surface area (Å²) in [6.07, 6.45) is 0.363. The van der Waals surface area contributed by atoms with Crippen molar-refractivity contribution in [3.63, 3.8) is 0 Å². The van der Waals surface area contributed by atoms with Crippen molar-refractivity contribution < 1.29 is 24.1 Å². The molecule has 1 saturated heterocycles. The van der Waals surface area contributed by atoms with Crippen LogP contribution in [0.1, 0.15) is 18.4 Å². The van der Waals surface area contributed by atoms with Crippen LogP contribution in [0.4, 0.5) is 16.2 Å². The van der Waals surface area contributed by atoms with Gasteiger partial charge in [0.1, 0.15) is 6.61 Å². The normalized spacial score (nSPS) is 20.1. The number of likely N-dealkylation sites (tertiary alicyclic amines) is 1. The Morgan fingerprint density at radius 2 is 1.93 bits per heavy atom. The molecule has 1 amide bonds. The summed E-state index contributed by atoms with van der Waals surface area (Å²) >= 11 is 6.25. The zero-order valence-electron chi connectivity index (χ0n) is 16.2. The summed E-state index contributed by atoms with van der Waals surface area (Å²) in [4.78, 5) is 16.2. The number of piperidine rings is 1. The highest BCUT2D eigenvalue weighted by molar-refractivity contribution is 6.31. The first-order valence-corrected chi connectivity index (χ1v) is 10.3. The molecule has 0 aliphatic carbocycles. The number of anilines is 2. The number of benzene rings is 2. The predicted molar refractivity (Wildman–Crippen MR) is 111 cm³/mol. The van der Waals surface area contributed by atoms with Gasteiger partial charge < -0.3 is 34.4 Å². The van der Waals surface area contributed by atoms with Crippen LogP contribution in [0.2, 0.25) is 5.02 Å². The summed E-state index contributed by atoms with van der Waals surface area (Å²) in [6.45, 7) is 1.35. The molecule has 1 unspecified atom stereocenters. The van der Waals surface area contributed by atoms with Crippen molar-refractivity contribution in [2.24, 2.45) is 0 Å². The Labute approximate surface area is 178 Å². The average molecular weight is 432 g/mol. The lowest BCUT2D eigenvalue weighted by Crippen LogP contribution is -2.50. The molecule has 2 aromatic rings. The third-order valence-corrected chi connectivity index (χ3v) is 6.09. The zero-order valence-corrected chi connectivity index (χ0v) is 17.0. The number of aliphatic hydroxyl groups is 1. The van der Waals surface area contributed by atoms with Crippen LogP contribution in [0.15, 0.2) is 36.4 Å². The molecule has 8 nitrogen and oxygen atoms in total. The van der Waals surface area contributed by atoms with Gasteiger partial charge >= 0.3 is 6.09 Å². The molecule has 9 heteroatoms. The predicted octanol–water partition coefficient (Wildman–Crippen LogP) is 3.38. The van der Waals surface area contributed by atoms with Crippen molar-refractivity contribution in [2.75, 3.05) is 30.1 Å². The Bertz CT molecular complexity index is 964. The second-order valence-electron chi connectivity index (χ2n) is 7.51. The molecule has 0 aromatic heterocycles. The Kier molecular flexibility index (Phi) is 4.96. The summed E-state index contributed by atoms with van der Waals surface area (Å²) in [6, 6.07) is 11.4. The van der Waals surface area contributed by atoms with Gasteiger partial charge in [0, 0.05) is 30.8 Å². The first-order valence-electron chi connectivity index (χ1n) is 9.92. The number of nitrogens with one attached hydrogen (secondary N) is 1. The van der Waals surface area contributed by atoms with Crippen LogP contribution < -0.4 is 19.7 Å². The minimum atomic E-state index is -0.751. The molecule has 3 aliphatic rings. The number of hydrogen-bond acceptors (Lipinski definition) is 7. The number of halogens is 1. The molecule has 1 atom stereocenters. The first-order chi connectivity index (χ1) is 14.6. The van der Waals surface area contributed by atoms with Gasteiger partial charge in [-0.1, -0.05) is 23.7 Å². The number of carbonyl (C=O) groups is 1. The highest BCUT2D eigenvalue weighted by atomic mass is 35.5. The largest absolute Gasteiger partial charge is 0.454 e. The maximum atomic E-state index is 12.5. The van der Waals surface area contributed by atoms with E-state index in [1.165, 1.54) is 0 Å². The standard InChI is InChI=1S/C21H22ClN3O5/c22-15-10-19-18(29-12-30-19)9-13(15)11-28-21(27)24-7-5-14(6-8-24)25-17-4-2-1-3-16(17)23-20(25)26/h1-4,9-10,14,20,23,26H,5-8,11-12H2. The van der Waals surface area contributed by atoms with Gasteiger partial charge in [-0.15, -0.1) is 0 Å². The van der Waals surface area contributed by atoms with Crippen LogP contribution in [-0.4, -0.2) is 48.4 Å². The van der Waals surface area contributed by atoms with Crippen molar-refractivity contribution in [1.29, 1.82) is 0 Å². The smallest absolute Gasteiger partial charge is 0.410 e. The van der Waals surface area contributed by atoms with Gasteiger partial charge in [0.15, 0.2) is 11.5 Å². The molecule has 0 bridgehead atoms. The van der Waals surface area contributed by atoms with Gasteiger partial charge in [-0.3, -0.25) is 0 Å². The van der Waals surface area contributed by atoms with Crippen LogP contribution in [-0.2, 0) is 11.3 Å². The molecule has 30 heavy (non-hydrogen) atoms. The number of amides is 1. The van der Waals surface area contributed by atoms with E-state index in [9.17, 15) is 9.90 Å². The van der Waals surface area contributed by atoms with Gasteiger partial charge in [0.25, 0.3) is 0 Å². The minimum absolute atomic E-state index is 0.0658. The van der Waals surface area contributed by atoms with Crippen molar-refractivity contribution in [3.8, 4) is 11.5 Å². The lowest BCUT2D eigenvalue weighted by Gasteiger charge is -2.38. The minimum Gasteiger partial charge on any atom is -0.454 e. The second-order valence-corrected chi connectivity index (χ2v) is 7.92. The average Bonchev–Trinajstić information content (AvgIpc) is 3.34. The molecule has 3 aliphatic heterocycles. The van der Waals surface area contributed by atoms with Crippen molar-refractivity contribution >= 4 is 29.1 Å². The van der Waals surface area contributed by atoms with Crippen LogP contribution in [0.25, 0.3) is 0 Å². The highest BCUT2D eigenvalue weighted by Gasteiger charge is 2.35. The van der Waals surface area contributed by atoms with Crippen LogP contribution in [0, 0.1) is 0 Å². The van der Waals surface area contributed by atoms with E-state index in [0.29, 0.717) is 35.2 Å². The van der Waals surface area contributed by atoms with E-state index < -0.39 is 6.35 Å². The monoisotopic (exact) mass is 431 g/mol. The Morgan fingerprint density at radius 1 is 1.20 bits per heavy atom. The fraction of sp³-hybridized carbons (Fsp3) is 0.381. The summed E-state index contributed by atoms with van der Waals surface area (Å²) in [5.41, 5.74) is 2.59. The van der Waals surface area contributed by atoms with E-state index in [-0.39, 0.29) is 25.5 Å². The Hall–Kier alpha value is -2.84. The number of nitrogens with zero attached hydrogens (tertiary/aromatic N) is 2. The number of fused-ring (bicyclic) bond motifs is 2. The summed E-state index contributed by atoms with van der Waals surface area (Å²) in [5.74, 6) is 1.20. The SMILES string of the molecule is O=C(OCc1cc2c(cc1Cl)OCO2)N1CCC(N2c3ccccc3NC2O)CC1. The van der Waals surface area contributed by atoms with E-state index in [2.05, 4.69) is 5.32 Å². The fourth-order valence-corrected chi connectivity index (χ4v) is 4.39. The number of hydrogen-bond donors (Lipinski definition) is 2. The van der Waals surface area contributed by atoms with Crippen molar-refractivity contribution in [3.05, 3.63) is 47.0 Å². The lowest BCUT2D eigenvalue weighted by molar-refractivity contribution is 0.0839. The first kappa shape index (κ1) is 19.1. The lowest BCUT2D eigenvalue weighted by atomic mass is 10.0. The number of aliphatic hydroxyl groups excluding tert-OH is 1. The molecular formula is C21H22ClN3O5. The van der Waals surface area contributed by atoms with Gasteiger partial charge in [-0.2, -0.15) is 0 Å². The molecular weight excluding hydrogens is 410 g/mol. The fourth-order valence-electron chi connectivity index (χ4n) is 4.18. The van der Waals surface area contributed by atoms with Gasteiger partial charge in [-0.05, 0) is 31.0 Å². The van der Waals surface area contributed by atoms with E-state index >= 15 is 0 Å². The molecule has 0 radical (unpaired) electrons. The molecule has 2 N–H and O–H groups in total. The van der Waals surface area contributed by atoms with E-state index in [1.807, 2.05) is 29.2 Å². The summed E-state index contributed by atoms with van der Waals surface area (Å²) in [7, 11) is 0. The van der Waals surface area contributed by atoms with Gasteiger partial charge in [-0.25, -0.2) is 4.79 Å². The van der Waals surface area contributed by atoms with Crippen LogP contribution in [0.3, 0.4) is 0 Å². The molecule has 0 spiro atoms. The molecule has 0 saturated carbocycles. The van der Waals surface area contributed by atoms with E-state index in [1.54, 1.807) is 17.0 Å². The maximum Gasteiger partial charge on any atom is 0.410 e. The Morgan fingerprint density at radius 3 is 2.73 bits per heavy atom. The van der Waals surface area contributed by atoms with Gasteiger partial charge in [0.05, 0.1) is 16.4 Å². The molecule has 158 valence electrons. The molecule has 5 rings (SSSR count). The number of rotatable bonds is 3. The van der Waals surface area contributed by atoms with Crippen LogP contribution >= 0.6 is 11.6 Å². The van der Waals surface area contributed by atoms with E-state index in [0.717, 1.165) is 24.2 Å². The topological polar surface area (TPSA) is 83.5 Å². The van der Waals surface area contributed by atoms with Gasteiger partial charge in [0.2, 0.25) is 13.1 Å². The van der Waals surface area contributed by atoms with E-state index in [4.69, 9.17) is 25.8 Å². The van der Waals surface area contributed by atoms with Crippen molar-refractivity contribution in [2.45, 2.75) is 31.8 Å². The Balaban J connectivity index is 1.17. The van der Waals surface area contributed by atoms with Crippen LogP contribution in [0.5, 0.6) is 11.5 Å². The zero-order chi connectivity index (χ0) is 20.7. The quantitative estimate of drug-likeness (QED) is 0.770. The third-order valence-electron chi connectivity index (χ3n) is 5.74. The third kappa shape index (κ3) is 3.46. The summed E-state index contributed by atoms with van der Waals surface area (Å²) < 4.78 is 16.1. The second kappa shape index (κ2) is 7.77. The highest BCUT2D eigenvalue weighted by Crippen LogP contribution is 2.38. The molecule has 3 heterocycles. The number of carbonyl (C=O) groups excluding carboxylic acids is 1. The van der Waals surface area contributed by atoms with Crippen molar-refractivity contribution in [1.82, 2.24) is 4.90 Å². The number of para-hydroxylation sites is 2. The molecule has 1 fully saturated rings. The maximum absolute atomic E-state index is 12.5. The number of ether oxygens (including phenoxy) is 3.